The fourth-order valence-electron chi connectivity index (χ4n) is 1.86. The van der Waals surface area contributed by atoms with Gasteiger partial charge in [0.15, 0.2) is 11.5 Å². The Morgan fingerprint density at radius 2 is 2.39 bits per heavy atom. The molecule has 18 heavy (non-hydrogen) atoms. The molecular formula is C11H16N4O3. The Hall–Kier alpha value is -1.73. The van der Waals surface area contributed by atoms with Gasteiger partial charge in [0, 0.05) is 6.54 Å². The monoisotopic (exact) mass is 252 g/mol. The lowest BCUT2D eigenvalue weighted by Gasteiger charge is -2.37. The number of carbonyl (C=O) groups is 1. The quantitative estimate of drug-likeness (QED) is 0.727. The van der Waals surface area contributed by atoms with Crippen molar-refractivity contribution in [3.63, 3.8) is 0 Å². The number of morpholine rings is 1. The summed E-state index contributed by atoms with van der Waals surface area (Å²) in [7, 11) is 0. The van der Waals surface area contributed by atoms with Crippen LogP contribution in [-0.4, -0.2) is 53.1 Å². The van der Waals surface area contributed by atoms with Crippen molar-refractivity contribution in [2.45, 2.75) is 19.1 Å². The number of rotatable bonds is 3. The van der Waals surface area contributed by atoms with E-state index in [9.17, 15) is 4.79 Å². The van der Waals surface area contributed by atoms with Gasteiger partial charge in [-0.3, -0.25) is 4.79 Å². The number of aliphatic hydroxyl groups is 1. The van der Waals surface area contributed by atoms with Gasteiger partial charge in [0.2, 0.25) is 0 Å². The second kappa shape index (κ2) is 5.28. The van der Waals surface area contributed by atoms with Gasteiger partial charge in [-0.1, -0.05) is 0 Å². The third-order valence-electron chi connectivity index (χ3n) is 2.91. The molecule has 0 spiro atoms. The zero-order valence-corrected chi connectivity index (χ0v) is 10.1. The molecule has 0 saturated carbocycles. The van der Waals surface area contributed by atoms with Crippen LogP contribution < -0.4 is 10.6 Å². The van der Waals surface area contributed by atoms with Crippen LogP contribution in [0.25, 0.3) is 0 Å². The first-order chi connectivity index (χ1) is 8.61. The molecule has 2 unspecified atom stereocenters. The predicted molar refractivity (Wildman–Crippen MR) is 64.2 cm³/mol. The van der Waals surface area contributed by atoms with Crippen LogP contribution in [0.15, 0.2) is 12.1 Å². The van der Waals surface area contributed by atoms with E-state index in [1.165, 1.54) is 0 Å². The predicted octanol–water partition coefficient (Wildman–Crippen LogP) is -0.838. The molecule has 2 heterocycles. The van der Waals surface area contributed by atoms with Crippen molar-refractivity contribution >= 4 is 11.7 Å². The molecule has 3 N–H and O–H groups in total. The Bertz CT molecular complexity index is 423. The largest absolute Gasteiger partial charge is 0.394 e. The molecular weight excluding hydrogens is 236 g/mol. The lowest BCUT2D eigenvalue weighted by molar-refractivity contribution is -0.0106. The van der Waals surface area contributed by atoms with Crippen LogP contribution in [0.1, 0.15) is 17.4 Å². The summed E-state index contributed by atoms with van der Waals surface area (Å²) < 4.78 is 5.44. The minimum Gasteiger partial charge on any atom is -0.394 e. The van der Waals surface area contributed by atoms with Crippen molar-refractivity contribution in [3.8, 4) is 0 Å². The van der Waals surface area contributed by atoms with E-state index >= 15 is 0 Å². The first-order valence-electron chi connectivity index (χ1n) is 5.74. The standard InChI is InChI=1S/C11H16N4O3/c1-7-6-18-8(5-16)4-15(7)10-3-2-9(11(12)17)13-14-10/h2-3,7-8,16H,4-6H2,1H3,(H2,12,17). The fourth-order valence-corrected chi connectivity index (χ4v) is 1.86. The molecule has 1 aliphatic heterocycles. The van der Waals surface area contributed by atoms with Gasteiger partial charge in [-0.25, -0.2) is 0 Å². The molecule has 7 heteroatoms. The van der Waals surface area contributed by atoms with Crippen LogP contribution in [0.5, 0.6) is 0 Å². The second-order valence-corrected chi connectivity index (χ2v) is 4.28. The number of nitrogens with two attached hydrogens (primary N) is 1. The van der Waals surface area contributed by atoms with Crippen molar-refractivity contribution in [1.82, 2.24) is 10.2 Å². The number of aliphatic hydroxyl groups excluding tert-OH is 1. The Kier molecular flexibility index (Phi) is 3.73. The molecule has 98 valence electrons. The summed E-state index contributed by atoms with van der Waals surface area (Å²) in [5.41, 5.74) is 5.24. The summed E-state index contributed by atoms with van der Waals surface area (Å²) in [6.45, 7) is 3.03. The fraction of sp³-hybridized carbons (Fsp3) is 0.545. The average Bonchev–Trinajstić information content (AvgIpc) is 2.39. The van der Waals surface area contributed by atoms with Gasteiger partial charge in [-0.2, -0.15) is 0 Å². The summed E-state index contributed by atoms with van der Waals surface area (Å²) in [4.78, 5) is 12.9. The molecule has 0 aliphatic carbocycles. The third-order valence-corrected chi connectivity index (χ3v) is 2.91. The first-order valence-corrected chi connectivity index (χ1v) is 5.74. The summed E-state index contributed by atoms with van der Waals surface area (Å²) in [5.74, 6) is 0.0477. The van der Waals surface area contributed by atoms with Gasteiger partial charge < -0.3 is 20.5 Å². The van der Waals surface area contributed by atoms with Crippen molar-refractivity contribution < 1.29 is 14.6 Å². The molecule has 2 atom stereocenters. The van der Waals surface area contributed by atoms with Gasteiger partial charge in [0.1, 0.15) is 0 Å². The van der Waals surface area contributed by atoms with Crippen molar-refractivity contribution in [2.24, 2.45) is 5.73 Å². The highest BCUT2D eigenvalue weighted by molar-refractivity contribution is 5.90. The molecule has 1 aromatic rings. The van der Waals surface area contributed by atoms with Gasteiger partial charge in [-0.05, 0) is 19.1 Å². The van der Waals surface area contributed by atoms with Gasteiger partial charge in [0.25, 0.3) is 5.91 Å². The number of anilines is 1. The zero-order valence-electron chi connectivity index (χ0n) is 10.1. The van der Waals surface area contributed by atoms with E-state index in [2.05, 4.69) is 10.2 Å². The molecule has 0 bridgehead atoms. The summed E-state index contributed by atoms with van der Waals surface area (Å²) >= 11 is 0. The number of aromatic nitrogens is 2. The lowest BCUT2D eigenvalue weighted by Crippen LogP contribution is -2.50. The van der Waals surface area contributed by atoms with Gasteiger partial charge >= 0.3 is 0 Å². The number of hydrogen-bond donors (Lipinski definition) is 2. The number of ether oxygens (including phenoxy) is 1. The third kappa shape index (κ3) is 2.57. The minimum atomic E-state index is -0.600. The van der Waals surface area contributed by atoms with Crippen molar-refractivity contribution in [3.05, 3.63) is 17.8 Å². The van der Waals surface area contributed by atoms with Crippen molar-refractivity contribution in [1.29, 1.82) is 0 Å². The molecule has 1 fully saturated rings. The van der Waals surface area contributed by atoms with E-state index in [0.29, 0.717) is 19.0 Å². The van der Waals surface area contributed by atoms with E-state index in [1.807, 2.05) is 11.8 Å². The number of primary amides is 1. The van der Waals surface area contributed by atoms with Crippen LogP contribution in [0.4, 0.5) is 5.82 Å². The SMILES string of the molecule is CC1COC(CO)CN1c1ccc(C(N)=O)nn1. The Labute approximate surface area is 105 Å². The van der Waals surface area contributed by atoms with Crippen LogP contribution in [-0.2, 0) is 4.74 Å². The molecule has 0 aromatic carbocycles. The summed E-state index contributed by atoms with van der Waals surface area (Å²) in [6.07, 6.45) is -0.223. The number of amides is 1. The van der Waals surface area contributed by atoms with Gasteiger partial charge in [-0.15, -0.1) is 10.2 Å². The smallest absolute Gasteiger partial charge is 0.269 e. The van der Waals surface area contributed by atoms with E-state index < -0.39 is 5.91 Å². The first kappa shape index (κ1) is 12.7. The molecule has 1 aromatic heterocycles. The maximum Gasteiger partial charge on any atom is 0.269 e. The normalized spacial score (nSPS) is 24.0. The summed E-state index contributed by atoms with van der Waals surface area (Å²) in [6, 6.07) is 3.38. The van der Waals surface area contributed by atoms with Gasteiger partial charge in [0.05, 0.1) is 25.4 Å². The Balaban J connectivity index is 2.16. The Morgan fingerprint density at radius 3 is 2.94 bits per heavy atom. The highest BCUT2D eigenvalue weighted by Gasteiger charge is 2.26. The Morgan fingerprint density at radius 1 is 1.61 bits per heavy atom. The number of carbonyl (C=O) groups excluding carboxylic acids is 1. The van der Waals surface area contributed by atoms with E-state index in [-0.39, 0.29) is 24.4 Å². The van der Waals surface area contributed by atoms with Crippen LogP contribution in [0.3, 0.4) is 0 Å². The van der Waals surface area contributed by atoms with E-state index in [4.69, 9.17) is 15.6 Å². The van der Waals surface area contributed by atoms with Crippen molar-refractivity contribution in [2.75, 3.05) is 24.7 Å². The van der Waals surface area contributed by atoms with E-state index in [1.54, 1.807) is 12.1 Å². The molecule has 0 radical (unpaired) electrons. The molecule has 2 rings (SSSR count). The number of hydrogen-bond acceptors (Lipinski definition) is 6. The average molecular weight is 252 g/mol. The van der Waals surface area contributed by atoms with Crippen LogP contribution in [0, 0.1) is 0 Å². The maximum atomic E-state index is 10.9. The molecule has 1 amide bonds. The molecule has 1 saturated heterocycles. The molecule has 1 aliphatic rings. The van der Waals surface area contributed by atoms with Crippen LogP contribution in [0.2, 0.25) is 0 Å². The zero-order chi connectivity index (χ0) is 13.1. The highest BCUT2D eigenvalue weighted by Crippen LogP contribution is 2.18. The van der Waals surface area contributed by atoms with E-state index in [0.717, 1.165) is 0 Å². The van der Waals surface area contributed by atoms with Crippen LogP contribution >= 0.6 is 0 Å². The second-order valence-electron chi connectivity index (χ2n) is 4.28. The summed E-state index contributed by atoms with van der Waals surface area (Å²) in [5, 5.41) is 16.9. The number of nitrogens with zero attached hydrogens (tertiary/aromatic N) is 3. The molecule has 7 nitrogen and oxygen atoms in total. The highest BCUT2D eigenvalue weighted by atomic mass is 16.5. The topological polar surface area (TPSA) is 102 Å². The minimum absolute atomic E-state index is 0.0317. The lowest BCUT2D eigenvalue weighted by atomic mass is 10.2. The maximum absolute atomic E-state index is 10.9.